The molecule has 2 aliphatic rings. The molecule has 2 aliphatic carbocycles. The molecular formula is C59H37NO. The SMILES string of the molecule is c1ccc(-c2c(-c3ccc(N(c4ccc5c(c4)C4(c6ccccc6-c6ccccc64)c4ccccc4-5)c4ccc5oc6ccccc6c5c4)cc3)ccc3ccccc23)cc1. The molecule has 0 bridgehead atoms. The molecule has 61 heavy (non-hydrogen) atoms. The van der Waals surface area contributed by atoms with Crippen molar-refractivity contribution < 1.29 is 4.42 Å². The lowest BCUT2D eigenvalue weighted by atomic mass is 9.70. The van der Waals surface area contributed by atoms with Gasteiger partial charge in [0.05, 0.1) is 5.41 Å². The third-order valence-electron chi connectivity index (χ3n) is 13.3. The van der Waals surface area contributed by atoms with Gasteiger partial charge in [0.15, 0.2) is 0 Å². The van der Waals surface area contributed by atoms with Gasteiger partial charge in [0.1, 0.15) is 11.2 Å². The van der Waals surface area contributed by atoms with Gasteiger partial charge in [-0.05, 0) is 126 Å². The predicted molar refractivity (Wildman–Crippen MR) is 253 cm³/mol. The summed E-state index contributed by atoms with van der Waals surface area (Å²) in [5.74, 6) is 0. The lowest BCUT2D eigenvalue weighted by Crippen LogP contribution is -2.26. The van der Waals surface area contributed by atoms with Crippen LogP contribution in [0.4, 0.5) is 17.1 Å². The van der Waals surface area contributed by atoms with E-state index in [4.69, 9.17) is 4.42 Å². The van der Waals surface area contributed by atoms with E-state index in [1.54, 1.807) is 0 Å². The minimum atomic E-state index is -0.445. The zero-order valence-corrected chi connectivity index (χ0v) is 33.2. The van der Waals surface area contributed by atoms with E-state index < -0.39 is 5.41 Å². The molecule has 2 nitrogen and oxygen atoms in total. The molecule has 0 saturated heterocycles. The first-order valence-electron chi connectivity index (χ1n) is 21.1. The van der Waals surface area contributed by atoms with Crippen LogP contribution in [0.15, 0.2) is 229 Å². The number of hydrogen-bond donors (Lipinski definition) is 0. The summed E-state index contributed by atoms with van der Waals surface area (Å²) in [7, 11) is 0. The Kier molecular flexibility index (Phi) is 7.26. The summed E-state index contributed by atoms with van der Waals surface area (Å²) in [5.41, 5.74) is 19.9. The molecule has 0 aliphatic heterocycles. The molecule has 0 saturated carbocycles. The minimum absolute atomic E-state index is 0.445. The van der Waals surface area contributed by atoms with Crippen molar-refractivity contribution in [3.05, 3.63) is 247 Å². The first kappa shape index (κ1) is 34.0. The van der Waals surface area contributed by atoms with Crippen LogP contribution in [0.1, 0.15) is 22.3 Å². The maximum atomic E-state index is 6.35. The van der Waals surface area contributed by atoms with Crippen LogP contribution in [0.5, 0.6) is 0 Å². The quantitative estimate of drug-likeness (QED) is 0.173. The van der Waals surface area contributed by atoms with Crippen LogP contribution in [-0.4, -0.2) is 0 Å². The number of fused-ring (bicyclic) bond motifs is 14. The van der Waals surface area contributed by atoms with E-state index >= 15 is 0 Å². The Labute approximate surface area is 354 Å². The summed E-state index contributed by atoms with van der Waals surface area (Å²) < 4.78 is 6.35. The summed E-state index contributed by atoms with van der Waals surface area (Å²) in [5, 5.41) is 4.70. The average molecular weight is 776 g/mol. The number of rotatable bonds is 5. The molecule has 2 heteroatoms. The molecule has 0 atom stereocenters. The third-order valence-corrected chi connectivity index (χ3v) is 13.3. The van der Waals surface area contributed by atoms with Gasteiger partial charge in [0, 0.05) is 27.8 Å². The molecular weight excluding hydrogens is 739 g/mol. The van der Waals surface area contributed by atoms with Crippen molar-refractivity contribution in [3.63, 3.8) is 0 Å². The number of hydrogen-bond acceptors (Lipinski definition) is 2. The van der Waals surface area contributed by atoms with E-state index in [2.05, 4.69) is 223 Å². The Bertz CT molecular complexity index is 3480. The summed E-state index contributed by atoms with van der Waals surface area (Å²) in [6, 6.07) is 82.3. The van der Waals surface area contributed by atoms with E-state index in [1.807, 2.05) is 6.07 Å². The van der Waals surface area contributed by atoms with E-state index in [0.29, 0.717) is 0 Å². The molecule has 0 unspecified atom stereocenters. The fourth-order valence-electron chi connectivity index (χ4n) is 10.7. The zero-order chi connectivity index (χ0) is 40.1. The van der Waals surface area contributed by atoms with Gasteiger partial charge < -0.3 is 9.32 Å². The van der Waals surface area contributed by atoms with E-state index in [-0.39, 0.29) is 0 Å². The standard InChI is InChI=1S/C59H37NO/c1-2-15-40(16-3-1)58-44-17-5-4-14-38(44)28-33-45(58)39-26-29-41(30-27-39)60(42-32-35-57-51(36-42)50-21-9-13-25-56(50)61-57)43-31-34-49-48-20-8-12-24-54(48)59(55(49)37-43)52-22-10-6-18-46(52)47-19-7-11-23-53(47)59/h1-37H. The molecule has 13 rings (SSSR count). The molecule has 1 spiro atoms. The lowest BCUT2D eigenvalue weighted by molar-refractivity contribution is 0.669. The van der Waals surface area contributed by atoms with Gasteiger partial charge in [-0.2, -0.15) is 0 Å². The van der Waals surface area contributed by atoms with Crippen LogP contribution in [0.2, 0.25) is 0 Å². The Hall–Kier alpha value is -7.94. The smallest absolute Gasteiger partial charge is 0.135 e. The van der Waals surface area contributed by atoms with Gasteiger partial charge in [0.2, 0.25) is 0 Å². The maximum Gasteiger partial charge on any atom is 0.135 e. The van der Waals surface area contributed by atoms with Crippen LogP contribution in [0, 0.1) is 0 Å². The highest BCUT2D eigenvalue weighted by atomic mass is 16.3. The van der Waals surface area contributed by atoms with Crippen LogP contribution in [0.25, 0.3) is 77.2 Å². The Morgan fingerprint density at radius 1 is 0.311 bits per heavy atom. The highest BCUT2D eigenvalue weighted by molar-refractivity contribution is 6.07. The number of nitrogens with zero attached hydrogens (tertiary/aromatic N) is 1. The van der Waals surface area contributed by atoms with Crippen molar-refractivity contribution in [1.82, 2.24) is 0 Å². The molecule has 0 radical (unpaired) electrons. The highest BCUT2D eigenvalue weighted by Gasteiger charge is 2.51. The molecule has 284 valence electrons. The molecule has 10 aromatic carbocycles. The lowest BCUT2D eigenvalue weighted by Gasteiger charge is -2.32. The Morgan fingerprint density at radius 3 is 1.56 bits per heavy atom. The summed E-state index contributed by atoms with van der Waals surface area (Å²) in [4.78, 5) is 2.42. The average Bonchev–Trinajstić information content (AvgIpc) is 3.96. The summed E-state index contributed by atoms with van der Waals surface area (Å²) >= 11 is 0. The van der Waals surface area contributed by atoms with Crippen LogP contribution in [-0.2, 0) is 5.41 Å². The van der Waals surface area contributed by atoms with Crippen molar-refractivity contribution in [2.75, 3.05) is 4.90 Å². The summed E-state index contributed by atoms with van der Waals surface area (Å²) in [6.45, 7) is 0. The van der Waals surface area contributed by atoms with E-state index in [0.717, 1.165) is 39.0 Å². The second kappa shape index (κ2) is 13.0. The number of anilines is 3. The molecule has 0 N–H and O–H groups in total. The van der Waals surface area contributed by atoms with Gasteiger partial charge in [-0.25, -0.2) is 0 Å². The first-order valence-corrected chi connectivity index (χ1v) is 21.1. The highest BCUT2D eigenvalue weighted by Crippen LogP contribution is 2.63. The van der Waals surface area contributed by atoms with Crippen molar-refractivity contribution in [1.29, 1.82) is 0 Å². The fourth-order valence-corrected chi connectivity index (χ4v) is 10.7. The second-order valence-electron chi connectivity index (χ2n) is 16.4. The molecule has 1 heterocycles. The minimum Gasteiger partial charge on any atom is -0.456 e. The predicted octanol–water partition coefficient (Wildman–Crippen LogP) is 15.9. The number of furan rings is 1. The Morgan fingerprint density at radius 2 is 0.836 bits per heavy atom. The second-order valence-corrected chi connectivity index (χ2v) is 16.4. The van der Waals surface area contributed by atoms with E-state index in [9.17, 15) is 0 Å². The van der Waals surface area contributed by atoms with Crippen molar-refractivity contribution in [3.8, 4) is 44.5 Å². The molecule has 0 amide bonds. The molecule has 11 aromatic rings. The number of para-hydroxylation sites is 1. The third kappa shape index (κ3) is 4.85. The van der Waals surface area contributed by atoms with Crippen molar-refractivity contribution in [2.45, 2.75) is 5.41 Å². The molecule has 0 fully saturated rings. The topological polar surface area (TPSA) is 16.4 Å². The van der Waals surface area contributed by atoms with Crippen molar-refractivity contribution >= 4 is 49.8 Å². The van der Waals surface area contributed by atoms with Crippen LogP contribution < -0.4 is 4.90 Å². The van der Waals surface area contributed by atoms with Gasteiger partial charge in [-0.1, -0.05) is 176 Å². The van der Waals surface area contributed by atoms with Gasteiger partial charge >= 0.3 is 0 Å². The monoisotopic (exact) mass is 775 g/mol. The van der Waals surface area contributed by atoms with E-state index in [1.165, 1.54) is 77.5 Å². The van der Waals surface area contributed by atoms with Crippen LogP contribution >= 0.6 is 0 Å². The molecule has 1 aromatic heterocycles. The first-order chi connectivity index (χ1) is 30.3. The largest absolute Gasteiger partial charge is 0.456 e. The maximum absolute atomic E-state index is 6.35. The normalized spacial score (nSPS) is 13.0. The van der Waals surface area contributed by atoms with Gasteiger partial charge in [-0.3, -0.25) is 0 Å². The van der Waals surface area contributed by atoms with Crippen LogP contribution in [0.3, 0.4) is 0 Å². The van der Waals surface area contributed by atoms with Gasteiger partial charge in [-0.15, -0.1) is 0 Å². The van der Waals surface area contributed by atoms with Crippen molar-refractivity contribution in [2.24, 2.45) is 0 Å². The summed E-state index contributed by atoms with van der Waals surface area (Å²) in [6.07, 6.45) is 0. The number of benzene rings is 10. The fraction of sp³-hybridized carbons (Fsp3) is 0.0169. The zero-order valence-electron chi connectivity index (χ0n) is 33.2. The van der Waals surface area contributed by atoms with Gasteiger partial charge in [0.25, 0.3) is 0 Å². The Balaban J connectivity index is 1.03.